The van der Waals surface area contributed by atoms with Crippen molar-refractivity contribution in [3.05, 3.63) is 99.2 Å². The zero-order chi connectivity index (χ0) is 22.9. The van der Waals surface area contributed by atoms with Crippen LogP contribution in [0.4, 0.5) is 4.79 Å². The number of nitrogens with zero attached hydrogens (tertiary/aromatic N) is 3. The Morgan fingerprint density at radius 1 is 1.00 bits per heavy atom. The van der Waals surface area contributed by atoms with Gasteiger partial charge in [-0.05, 0) is 45.2 Å². The third-order valence-electron chi connectivity index (χ3n) is 5.58. The number of aromatic nitrogens is 2. The van der Waals surface area contributed by atoms with Crippen LogP contribution in [-0.4, -0.2) is 32.7 Å². The van der Waals surface area contributed by atoms with Crippen LogP contribution in [0, 0.1) is 6.92 Å². The first-order valence-electron chi connectivity index (χ1n) is 10.9. The highest BCUT2D eigenvalue weighted by molar-refractivity contribution is 5.68. The zero-order valence-electron chi connectivity index (χ0n) is 19.0. The van der Waals surface area contributed by atoms with E-state index in [1.165, 1.54) is 0 Å². The summed E-state index contributed by atoms with van der Waals surface area (Å²) in [5, 5.41) is 0. The predicted molar refractivity (Wildman–Crippen MR) is 124 cm³/mol. The van der Waals surface area contributed by atoms with Crippen LogP contribution in [0.3, 0.4) is 0 Å². The summed E-state index contributed by atoms with van der Waals surface area (Å²) < 4.78 is 7.29. The fourth-order valence-corrected chi connectivity index (χ4v) is 4.17. The number of fused-ring (bicyclic) bond motifs is 1. The smallest absolute Gasteiger partial charge is 0.410 e. The Kier molecular flexibility index (Phi) is 5.87. The number of amides is 1. The lowest BCUT2D eigenvalue weighted by molar-refractivity contribution is 0.0219. The second-order valence-corrected chi connectivity index (χ2v) is 9.14. The van der Waals surface area contributed by atoms with E-state index in [0.29, 0.717) is 30.0 Å². The first-order valence-corrected chi connectivity index (χ1v) is 10.9. The number of rotatable bonds is 3. The molecule has 0 aliphatic carbocycles. The molecule has 0 saturated heterocycles. The molecule has 0 radical (unpaired) electrons. The van der Waals surface area contributed by atoms with Gasteiger partial charge in [-0.1, -0.05) is 60.7 Å². The van der Waals surface area contributed by atoms with E-state index in [0.717, 1.165) is 11.1 Å². The highest BCUT2D eigenvalue weighted by Crippen LogP contribution is 2.27. The fourth-order valence-electron chi connectivity index (χ4n) is 4.17. The van der Waals surface area contributed by atoms with Gasteiger partial charge in [-0.2, -0.15) is 0 Å². The maximum Gasteiger partial charge on any atom is 0.410 e. The molecule has 6 heteroatoms. The number of aryl methyl sites for hydroxylation is 1. The molecule has 3 aromatic rings. The van der Waals surface area contributed by atoms with Crippen molar-refractivity contribution in [3.63, 3.8) is 0 Å². The van der Waals surface area contributed by atoms with Crippen molar-refractivity contribution in [2.24, 2.45) is 0 Å². The molecule has 0 unspecified atom stereocenters. The van der Waals surface area contributed by atoms with E-state index in [2.05, 4.69) is 0 Å². The molecule has 2 heterocycles. The quantitative estimate of drug-likeness (QED) is 0.613. The van der Waals surface area contributed by atoms with Gasteiger partial charge < -0.3 is 9.64 Å². The van der Waals surface area contributed by atoms with Crippen molar-refractivity contribution >= 4 is 6.09 Å². The van der Waals surface area contributed by atoms with Gasteiger partial charge in [-0.3, -0.25) is 9.36 Å². The summed E-state index contributed by atoms with van der Waals surface area (Å²) in [6.07, 6.45) is 0.0787. The van der Waals surface area contributed by atoms with Crippen LogP contribution in [0.1, 0.15) is 55.0 Å². The van der Waals surface area contributed by atoms with Crippen LogP contribution in [0.25, 0.3) is 0 Å². The molecule has 1 amide bonds. The van der Waals surface area contributed by atoms with E-state index < -0.39 is 5.60 Å². The summed E-state index contributed by atoms with van der Waals surface area (Å²) in [5.74, 6) is 0.623. The van der Waals surface area contributed by atoms with Crippen molar-refractivity contribution in [2.75, 3.05) is 6.54 Å². The number of carbonyl (C=O) groups excluding carboxylic acids is 1. The minimum Gasteiger partial charge on any atom is -0.444 e. The summed E-state index contributed by atoms with van der Waals surface area (Å²) in [4.78, 5) is 32.7. The van der Waals surface area contributed by atoms with Crippen molar-refractivity contribution in [1.29, 1.82) is 0 Å². The van der Waals surface area contributed by atoms with E-state index in [-0.39, 0.29) is 24.2 Å². The van der Waals surface area contributed by atoms with Crippen LogP contribution in [0.15, 0.2) is 65.5 Å². The maximum atomic E-state index is 13.7. The molecule has 1 aromatic heterocycles. The molecule has 0 atom stereocenters. The summed E-state index contributed by atoms with van der Waals surface area (Å²) in [6, 6.07) is 19.7. The van der Waals surface area contributed by atoms with Gasteiger partial charge in [0.1, 0.15) is 11.4 Å². The Bertz CT molecular complexity index is 1130. The summed E-state index contributed by atoms with van der Waals surface area (Å²) in [5.41, 5.74) is 2.76. The first-order chi connectivity index (χ1) is 15.2. The van der Waals surface area contributed by atoms with Gasteiger partial charge in [0.25, 0.3) is 5.56 Å². The highest BCUT2D eigenvalue weighted by atomic mass is 16.6. The molecule has 0 N–H and O–H groups in total. The molecular weight excluding hydrogens is 402 g/mol. The summed E-state index contributed by atoms with van der Waals surface area (Å²) in [7, 11) is 0. The Balaban J connectivity index is 1.76. The Morgan fingerprint density at radius 2 is 1.56 bits per heavy atom. The zero-order valence-corrected chi connectivity index (χ0v) is 19.0. The van der Waals surface area contributed by atoms with E-state index in [1.807, 2.05) is 88.4 Å². The van der Waals surface area contributed by atoms with Crippen molar-refractivity contribution in [1.82, 2.24) is 14.5 Å². The molecular formula is C26H29N3O3. The molecule has 1 aliphatic rings. The Labute approximate surface area is 188 Å². The third-order valence-corrected chi connectivity index (χ3v) is 5.58. The topological polar surface area (TPSA) is 64.4 Å². The van der Waals surface area contributed by atoms with Crippen molar-refractivity contribution < 1.29 is 9.53 Å². The van der Waals surface area contributed by atoms with Crippen LogP contribution >= 0.6 is 0 Å². The average Bonchev–Trinajstić information content (AvgIpc) is 2.76. The van der Waals surface area contributed by atoms with Crippen LogP contribution in [-0.2, 0) is 17.7 Å². The third kappa shape index (κ3) is 4.44. The molecule has 0 bridgehead atoms. The standard InChI is InChI=1S/C26H29N3O3/c1-18-27-22-17-28(25(31)32-26(2,3)4)16-15-21(22)24(30)29(18)23(19-11-7-5-8-12-19)20-13-9-6-10-14-20/h5-14,23H,15-17H2,1-4H3. The molecule has 0 spiro atoms. The fraction of sp³-hybridized carbons (Fsp3) is 0.346. The van der Waals surface area contributed by atoms with Gasteiger partial charge in [0.05, 0.1) is 18.3 Å². The summed E-state index contributed by atoms with van der Waals surface area (Å²) in [6.45, 7) is 8.10. The van der Waals surface area contributed by atoms with Gasteiger partial charge in [-0.15, -0.1) is 0 Å². The van der Waals surface area contributed by atoms with E-state index in [4.69, 9.17) is 9.72 Å². The van der Waals surface area contributed by atoms with Crippen molar-refractivity contribution in [3.8, 4) is 0 Å². The SMILES string of the molecule is Cc1nc2c(c(=O)n1C(c1ccccc1)c1ccccc1)CCN(C(=O)OC(C)(C)C)C2. The molecule has 0 fully saturated rings. The Morgan fingerprint density at radius 3 is 2.09 bits per heavy atom. The van der Waals surface area contributed by atoms with Gasteiger partial charge in [0.15, 0.2) is 0 Å². The molecule has 4 rings (SSSR count). The highest BCUT2D eigenvalue weighted by Gasteiger charge is 2.30. The van der Waals surface area contributed by atoms with Crippen LogP contribution in [0.2, 0.25) is 0 Å². The van der Waals surface area contributed by atoms with E-state index >= 15 is 0 Å². The maximum absolute atomic E-state index is 13.7. The van der Waals surface area contributed by atoms with Crippen molar-refractivity contribution in [2.45, 2.75) is 52.3 Å². The average molecular weight is 432 g/mol. The lowest BCUT2D eigenvalue weighted by Gasteiger charge is -2.32. The van der Waals surface area contributed by atoms with Crippen LogP contribution in [0.5, 0.6) is 0 Å². The minimum absolute atomic E-state index is 0.0472. The monoisotopic (exact) mass is 431 g/mol. The van der Waals surface area contributed by atoms with Gasteiger partial charge in [-0.25, -0.2) is 9.78 Å². The Hall–Kier alpha value is -3.41. The molecule has 0 saturated carbocycles. The van der Waals surface area contributed by atoms with E-state index in [9.17, 15) is 9.59 Å². The van der Waals surface area contributed by atoms with E-state index in [1.54, 1.807) is 9.47 Å². The molecule has 166 valence electrons. The van der Waals surface area contributed by atoms with Gasteiger partial charge >= 0.3 is 6.09 Å². The lowest BCUT2D eigenvalue weighted by atomic mass is 9.97. The minimum atomic E-state index is -0.567. The number of hydrogen-bond donors (Lipinski definition) is 0. The second kappa shape index (κ2) is 8.61. The lowest BCUT2D eigenvalue weighted by Crippen LogP contribution is -2.43. The molecule has 2 aromatic carbocycles. The number of carbonyl (C=O) groups is 1. The van der Waals surface area contributed by atoms with Gasteiger partial charge in [0.2, 0.25) is 0 Å². The largest absolute Gasteiger partial charge is 0.444 e. The van der Waals surface area contributed by atoms with Gasteiger partial charge in [0, 0.05) is 12.1 Å². The number of benzene rings is 2. The predicted octanol–water partition coefficient (Wildman–Crippen LogP) is 4.48. The number of hydrogen-bond acceptors (Lipinski definition) is 4. The number of ether oxygens (including phenoxy) is 1. The molecule has 32 heavy (non-hydrogen) atoms. The van der Waals surface area contributed by atoms with Crippen LogP contribution < -0.4 is 5.56 Å². The molecule has 1 aliphatic heterocycles. The first kappa shape index (κ1) is 21.8. The summed E-state index contributed by atoms with van der Waals surface area (Å²) >= 11 is 0. The second-order valence-electron chi connectivity index (χ2n) is 9.14. The molecule has 6 nitrogen and oxygen atoms in total. The normalized spacial score (nSPS) is 13.7.